The van der Waals surface area contributed by atoms with Gasteiger partial charge in [0.15, 0.2) is 0 Å². The number of aliphatic hydroxyl groups excluding tert-OH is 1. The van der Waals surface area contributed by atoms with Crippen LogP contribution in [0.15, 0.2) is 61.5 Å². The van der Waals surface area contributed by atoms with Gasteiger partial charge in [0.2, 0.25) is 0 Å². The number of rotatable bonds is 8. The van der Waals surface area contributed by atoms with E-state index in [2.05, 4.69) is 15.3 Å². The van der Waals surface area contributed by atoms with Gasteiger partial charge in [-0.1, -0.05) is 5.21 Å². The SMILES string of the molecule is Cc1cn([C@H]2C[C@H](n3cc(CCCOc4ccc5oc(=O)ccc5c4)nn3)[C@@H](CO)O2)c(=O)[nH]c1=O. The zero-order valence-corrected chi connectivity index (χ0v) is 19.5. The van der Waals surface area contributed by atoms with E-state index in [1.165, 1.54) is 16.8 Å². The van der Waals surface area contributed by atoms with Crippen LogP contribution in [0.1, 0.15) is 36.4 Å². The molecule has 2 N–H and O–H groups in total. The lowest BCUT2D eigenvalue weighted by atomic mass is 10.1. The first-order chi connectivity index (χ1) is 17.4. The summed E-state index contributed by atoms with van der Waals surface area (Å²) in [6.07, 6.45) is 3.74. The average molecular weight is 495 g/mol. The summed E-state index contributed by atoms with van der Waals surface area (Å²) < 4.78 is 19.8. The second-order valence-electron chi connectivity index (χ2n) is 8.69. The van der Waals surface area contributed by atoms with Crippen molar-refractivity contribution in [1.82, 2.24) is 24.5 Å². The summed E-state index contributed by atoms with van der Waals surface area (Å²) in [5.74, 6) is 0.674. The second kappa shape index (κ2) is 9.91. The summed E-state index contributed by atoms with van der Waals surface area (Å²) in [5, 5.41) is 19.0. The van der Waals surface area contributed by atoms with E-state index in [4.69, 9.17) is 13.9 Å². The highest BCUT2D eigenvalue weighted by Crippen LogP contribution is 2.35. The van der Waals surface area contributed by atoms with Crippen molar-refractivity contribution in [2.24, 2.45) is 0 Å². The molecule has 5 rings (SSSR count). The number of aryl methyl sites for hydroxylation is 2. The maximum atomic E-state index is 12.2. The van der Waals surface area contributed by atoms with Crippen molar-refractivity contribution < 1.29 is 19.0 Å². The third kappa shape index (κ3) is 4.86. The van der Waals surface area contributed by atoms with Crippen LogP contribution in [-0.2, 0) is 11.2 Å². The number of benzene rings is 1. The molecule has 1 aromatic carbocycles. The Hall–Kier alpha value is -4.03. The Bertz CT molecular complexity index is 1550. The van der Waals surface area contributed by atoms with E-state index in [0.717, 1.165) is 11.1 Å². The number of ether oxygens (including phenoxy) is 2. The van der Waals surface area contributed by atoms with E-state index >= 15 is 0 Å². The normalized spacial score (nSPS) is 19.7. The second-order valence-corrected chi connectivity index (χ2v) is 8.69. The highest BCUT2D eigenvalue weighted by atomic mass is 16.5. The lowest BCUT2D eigenvalue weighted by molar-refractivity contribution is -0.0323. The molecule has 4 aromatic rings. The van der Waals surface area contributed by atoms with Gasteiger partial charge in [0.1, 0.15) is 23.7 Å². The van der Waals surface area contributed by atoms with Crippen LogP contribution in [0, 0.1) is 6.92 Å². The fourth-order valence-electron chi connectivity index (χ4n) is 4.30. The van der Waals surface area contributed by atoms with Crippen LogP contribution in [0.3, 0.4) is 0 Å². The molecule has 0 spiro atoms. The average Bonchev–Trinajstić information content (AvgIpc) is 3.51. The van der Waals surface area contributed by atoms with Gasteiger partial charge >= 0.3 is 11.3 Å². The molecule has 1 aliphatic heterocycles. The van der Waals surface area contributed by atoms with Gasteiger partial charge in [-0.15, -0.1) is 5.10 Å². The van der Waals surface area contributed by atoms with E-state index in [1.54, 1.807) is 36.0 Å². The molecular formula is C24H25N5O7. The Kier molecular flexibility index (Phi) is 6.53. The molecular weight excluding hydrogens is 470 g/mol. The molecule has 188 valence electrons. The van der Waals surface area contributed by atoms with Crippen molar-refractivity contribution in [3.63, 3.8) is 0 Å². The lowest BCUT2D eigenvalue weighted by Gasteiger charge is -2.15. The third-order valence-corrected chi connectivity index (χ3v) is 6.17. The number of aliphatic hydroxyl groups is 1. The Labute approximate surface area is 203 Å². The first-order valence-corrected chi connectivity index (χ1v) is 11.6. The minimum atomic E-state index is -0.647. The summed E-state index contributed by atoms with van der Waals surface area (Å²) in [4.78, 5) is 37.5. The number of aromatic amines is 1. The fourth-order valence-corrected chi connectivity index (χ4v) is 4.30. The van der Waals surface area contributed by atoms with Gasteiger partial charge in [-0.3, -0.25) is 14.3 Å². The molecule has 3 aromatic heterocycles. The van der Waals surface area contributed by atoms with Gasteiger partial charge in [0, 0.05) is 35.8 Å². The molecule has 36 heavy (non-hydrogen) atoms. The monoisotopic (exact) mass is 495 g/mol. The van der Waals surface area contributed by atoms with Crippen molar-refractivity contribution in [1.29, 1.82) is 0 Å². The first kappa shape index (κ1) is 23.7. The smallest absolute Gasteiger partial charge is 0.336 e. The zero-order valence-electron chi connectivity index (χ0n) is 19.5. The highest BCUT2D eigenvalue weighted by molar-refractivity contribution is 5.77. The van der Waals surface area contributed by atoms with E-state index in [1.807, 2.05) is 6.07 Å². The van der Waals surface area contributed by atoms with Crippen LogP contribution in [0.25, 0.3) is 11.0 Å². The molecule has 0 amide bonds. The number of nitrogens with one attached hydrogen (secondary N) is 1. The molecule has 0 unspecified atom stereocenters. The van der Waals surface area contributed by atoms with Gasteiger partial charge in [0.25, 0.3) is 5.56 Å². The van der Waals surface area contributed by atoms with Crippen LogP contribution >= 0.6 is 0 Å². The largest absolute Gasteiger partial charge is 0.494 e. The summed E-state index contributed by atoms with van der Waals surface area (Å²) in [6, 6.07) is 8.01. The van der Waals surface area contributed by atoms with Crippen molar-refractivity contribution in [2.75, 3.05) is 13.2 Å². The molecule has 12 heteroatoms. The number of aromatic nitrogens is 5. The zero-order chi connectivity index (χ0) is 25.2. The molecule has 1 saturated heterocycles. The predicted molar refractivity (Wildman–Crippen MR) is 127 cm³/mol. The molecule has 1 aliphatic rings. The molecule has 0 aliphatic carbocycles. The van der Waals surface area contributed by atoms with Crippen LogP contribution in [0.5, 0.6) is 5.75 Å². The Morgan fingerprint density at radius 1 is 1.19 bits per heavy atom. The van der Waals surface area contributed by atoms with E-state index in [-0.39, 0.29) is 12.6 Å². The Morgan fingerprint density at radius 2 is 2.06 bits per heavy atom. The highest BCUT2D eigenvalue weighted by Gasteiger charge is 2.38. The summed E-state index contributed by atoms with van der Waals surface area (Å²) >= 11 is 0. The van der Waals surface area contributed by atoms with Crippen molar-refractivity contribution in [3.8, 4) is 5.75 Å². The van der Waals surface area contributed by atoms with E-state index < -0.39 is 29.2 Å². The molecule has 0 radical (unpaired) electrons. The number of nitrogens with zero attached hydrogens (tertiary/aromatic N) is 4. The fraction of sp³-hybridized carbons (Fsp3) is 0.375. The minimum absolute atomic E-state index is 0.254. The van der Waals surface area contributed by atoms with E-state index in [0.29, 0.717) is 42.8 Å². The van der Waals surface area contributed by atoms with Gasteiger partial charge in [-0.25, -0.2) is 14.3 Å². The molecule has 4 heterocycles. The van der Waals surface area contributed by atoms with Crippen molar-refractivity contribution in [3.05, 3.63) is 85.2 Å². The maximum absolute atomic E-state index is 12.2. The Balaban J connectivity index is 1.19. The number of fused-ring (bicyclic) bond motifs is 1. The van der Waals surface area contributed by atoms with Crippen molar-refractivity contribution in [2.45, 2.75) is 44.6 Å². The minimum Gasteiger partial charge on any atom is -0.494 e. The van der Waals surface area contributed by atoms with Crippen molar-refractivity contribution >= 4 is 11.0 Å². The van der Waals surface area contributed by atoms with Gasteiger partial charge in [-0.2, -0.15) is 0 Å². The quantitative estimate of drug-likeness (QED) is 0.270. The predicted octanol–water partition coefficient (Wildman–Crippen LogP) is 1.08. The van der Waals surface area contributed by atoms with Gasteiger partial charge in [-0.05, 0) is 44.0 Å². The Morgan fingerprint density at radius 3 is 2.89 bits per heavy atom. The molecule has 1 fully saturated rings. The third-order valence-electron chi connectivity index (χ3n) is 6.17. The summed E-state index contributed by atoms with van der Waals surface area (Å²) in [5.41, 5.74) is 0.256. The van der Waals surface area contributed by atoms with Crippen LogP contribution in [0.4, 0.5) is 0 Å². The topological polar surface area (TPSA) is 154 Å². The molecule has 0 bridgehead atoms. The number of hydrogen-bond acceptors (Lipinski definition) is 9. The lowest BCUT2D eigenvalue weighted by Crippen LogP contribution is -2.33. The van der Waals surface area contributed by atoms with Crippen LogP contribution in [-0.4, -0.2) is 49.0 Å². The standard InChI is InChI=1S/C24H25N5O7/c1-14-11-28(24(33)25-23(14)32)21-10-18(20(13-30)35-21)29-12-16(26-27-29)3-2-8-34-17-5-6-19-15(9-17)4-7-22(31)36-19/h4-7,9,11-12,18,20-21,30H,2-3,8,10,13H2,1H3,(H,25,32,33)/t18-,20+,21+/m0/s1. The maximum Gasteiger partial charge on any atom is 0.336 e. The molecule has 0 saturated carbocycles. The van der Waals surface area contributed by atoms with Gasteiger partial charge in [0.05, 0.1) is 24.9 Å². The van der Waals surface area contributed by atoms with Crippen LogP contribution < -0.4 is 21.6 Å². The molecule has 12 nitrogen and oxygen atoms in total. The number of H-pyrrole nitrogens is 1. The molecule has 3 atom stereocenters. The van der Waals surface area contributed by atoms with Gasteiger partial charge < -0.3 is 19.0 Å². The van der Waals surface area contributed by atoms with E-state index in [9.17, 15) is 19.5 Å². The first-order valence-electron chi connectivity index (χ1n) is 11.6. The summed E-state index contributed by atoms with van der Waals surface area (Å²) in [6.45, 7) is 1.81. The number of hydrogen-bond donors (Lipinski definition) is 2. The summed E-state index contributed by atoms with van der Waals surface area (Å²) in [7, 11) is 0. The van der Waals surface area contributed by atoms with Crippen LogP contribution in [0.2, 0.25) is 0 Å².